The van der Waals surface area contributed by atoms with Crippen LogP contribution in [0, 0.1) is 5.92 Å². The number of ketones is 1. The molecule has 1 rings (SSSR count). The molecule has 1 heterocycles. The van der Waals surface area contributed by atoms with E-state index in [-0.39, 0.29) is 11.8 Å². The van der Waals surface area contributed by atoms with Gasteiger partial charge in [-0.25, -0.2) is 0 Å². The number of rotatable bonds is 3. The van der Waals surface area contributed by atoms with Gasteiger partial charge in [-0.15, -0.1) is 0 Å². The summed E-state index contributed by atoms with van der Waals surface area (Å²) >= 11 is 0. The minimum absolute atomic E-state index is 0.0656. The van der Waals surface area contributed by atoms with E-state index in [2.05, 4.69) is 0 Å². The van der Waals surface area contributed by atoms with E-state index in [1.54, 1.807) is 0 Å². The fourth-order valence-corrected chi connectivity index (χ4v) is 1.29. The molecule has 0 saturated carbocycles. The van der Waals surface area contributed by atoms with Crippen molar-refractivity contribution in [2.75, 3.05) is 0 Å². The molecule has 0 aliphatic carbocycles. The van der Waals surface area contributed by atoms with Crippen LogP contribution in [-0.4, -0.2) is 17.9 Å². The molecule has 0 amide bonds. The first-order valence-corrected chi connectivity index (χ1v) is 4.32. The van der Waals surface area contributed by atoms with E-state index >= 15 is 0 Å². The van der Waals surface area contributed by atoms with Crippen LogP contribution in [0.25, 0.3) is 0 Å². The third kappa shape index (κ3) is 2.32. The van der Waals surface area contributed by atoms with Gasteiger partial charge in [0.25, 0.3) is 0 Å². The molecule has 0 spiro atoms. The molecule has 3 nitrogen and oxygen atoms in total. The van der Waals surface area contributed by atoms with Crippen LogP contribution in [0.5, 0.6) is 0 Å². The Kier molecular flexibility index (Phi) is 2.84. The van der Waals surface area contributed by atoms with Crippen LogP contribution >= 0.6 is 0 Å². The molecule has 0 aromatic heterocycles. The number of ether oxygens (including phenoxy) is 1. The molecule has 0 radical (unpaired) electrons. The van der Waals surface area contributed by atoms with Crippen molar-refractivity contribution in [3.63, 3.8) is 0 Å². The number of hydrogen-bond acceptors (Lipinski definition) is 3. The topological polar surface area (TPSA) is 43.4 Å². The lowest BCUT2D eigenvalue weighted by Crippen LogP contribution is -2.21. The normalized spacial score (nSPS) is 22.9. The Labute approximate surface area is 72.1 Å². The standard InChI is InChI=1S/C9H14O3/c1-6(2)5-7(10)8-3-4-9(11)12-8/h6,8H,3-5H2,1-2H3/t8-/m1/s1. The van der Waals surface area contributed by atoms with Gasteiger partial charge in [0.1, 0.15) is 0 Å². The number of carbonyl (C=O) groups excluding carboxylic acids is 2. The summed E-state index contributed by atoms with van der Waals surface area (Å²) in [5, 5.41) is 0. The maximum atomic E-state index is 11.3. The van der Waals surface area contributed by atoms with Gasteiger partial charge in [0.05, 0.1) is 0 Å². The molecule has 68 valence electrons. The second-order valence-corrected chi connectivity index (χ2v) is 3.58. The van der Waals surface area contributed by atoms with Gasteiger partial charge in [-0.05, 0) is 5.92 Å². The minimum atomic E-state index is -0.445. The highest BCUT2D eigenvalue weighted by molar-refractivity contribution is 5.88. The molecule has 0 aromatic carbocycles. The average Bonchev–Trinajstić information content (AvgIpc) is 2.34. The molecule has 0 aromatic rings. The molecule has 12 heavy (non-hydrogen) atoms. The van der Waals surface area contributed by atoms with Crippen molar-refractivity contribution in [2.45, 2.75) is 39.2 Å². The second kappa shape index (κ2) is 3.70. The van der Waals surface area contributed by atoms with Gasteiger partial charge in [-0.2, -0.15) is 0 Å². The zero-order valence-electron chi connectivity index (χ0n) is 7.50. The van der Waals surface area contributed by atoms with Crippen LogP contribution < -0.4 is 0 Å². The highest BCUT2D eigenvalue weighted by atomic mass is 16.6. The van der Waals surface area contributed by atoms with Crippen LogP contribution in [-0.2, 0) is 14.3 Å². The van der Waals surface area contributed by atoms with Gasteiger partial charge in [-0.1, -0.05) is 13.8 Å². The van der Waals surface area contributed by atoms with E-state index < -0.39 is 6.10 Å². The average molecular weight is 170 g/mol. The predicted octanol–water partition coefficient (Wildman–Crippen LogP) is 1.31. The summed E-state index contributed by atoms with van der Waals surface area (Å²) in [5.74, 6) is 0.171. The Morgan fingerprint density at radius 3 is 2.75 bits per heavy atom. The molecule has 0 unspecified atom stereocenters. The minimum Gasteiger partial charge on any atom is -0.454 e. The first-order chi connectivity index (χ1) is 5.59. The van der Waals surface area contributed by atoms with Crippen molar-refractivity contribution in [1.82, 2.24) is 0 Å². The van der Waals surface area contributed by atoms with Crippen LogP contribution in [0.4, 0.5) is 0 Å². The van der Waals surface area contributed by atoms with Crippen molar-refractivity contribution in [1.29, 1.82) is 0 Å². The molecule has 1 aliphatic heterocycles. The van der Waals surface area contributed by atoms with Gasteiger partial charge in [0, 0.05) is 19.3 Å². The third-order valence-electron chi connectivity index (χ3n) is 1.85. The second-order valence-electron chi connectivity index (χ2n) is 3.58. The van der Waals surface area contributed by atoms with Crippen LogP contribution in [0.2, 0.25) is 0 Å². The first kappa shape index (κ1) is 9.23. The summed E-state index contributed by atoms with van der Waals surface area (Å²) in [6.45, 7) is 3.96. The fraction of sp³-hybridized carbons (Fsp3) is 0.778. The summed E-state index contributed by atoms with van der Waals surface area (Å²) in [4.78, 5) is 22.0. The Hall–Kier alpha value is -0.860. The quantitative estimate of drug-likeness (QED) is 0.600. The van der Waals surface area contributed by atoms with Gasteiger partial charge in [0.15, 0.2) is 11.9 Å². The highest BCUT2D eigenvalue weighted by Gasteiger charge is 2.29. The van der Waals surface area contributed by atoms with Crippen LogP contribution in [0.3, 0.4) is 0 Å². The molecule has 1 fully saturated rings. The van der Waals surface area contributed by atoms with Crippen molar-refractivity contribution >= 4 is 11.8 Å². The summed E-state index contributed by atoms with van der Waals surface area (Å²) < 4.78 is 4.84. The number of hydrogen-bond donors (Lipinski definition) is 0. The Balaban J connectivity index is 2.38. The van der Waals surface area contributed by atoms with Crippen LogP contribution in [0.1, 0.15) is 33.1 Å². The van der Waals surface area contributed by atoms with Gasteiger partial charge < -0.3 is 4.74 Å². The van der Waals surface area contributed by atoms with E-state index in [0.29, 0.717) is 25.2 Å². The zero-order chi connectivity index (χ0) is 9.14. The zero-order valence-corrected chi connectivity index (χ0v) is 7.50. The van der Waals surface area contributed by atoms with E-state index in [0.717, 1.165) is 0 Å². The maximum absolute atomic E-state index is 11.3. The Bertz CT molecular complexity index is 196. The smallest absolute Gasteiger partial charge is 0.306 e. The van der Waals surface area contributed by atoms with Crippen molar-refractivity contribution in [3.05, 3.63) is 0 Å². The maximum Gasteiger partial charge on any atom is 0.306 e. The Morgan fingerprint density at radius 1 is 1.67 bits per heavy atom. The SMILES string of the molecule is CC(C)CC(=O)[C@H]1CCC(=O)O1. The van der Waals surface area contributed by atoms with Gasteiger partial charge in [0.2, 0.25) is 0 Å². The molecule has 0 bridgehead atoms. The number of cyclic esters (lactones) is 1. The van der Waals surface area contributed by atoms with E-state index in [4.69, 9.17) is 4.74 Å². The largest absolute Gasteiger partial charge is 0.454 e. The predicted molar refractivity (Wildman–Crippen MR) is 43.6 cm³/mol. The molecule has 0 N–H and O–H groups in total. The molecule has 1 atom stereocenters. The monoisotopic (exact) mass is 170 g/mol. The lowest BCUT2D eigenvalue weighted by Gasteiger charge is -2.08. The van der Waals surface area contributed by atoms with Gasteiger partial charge >= 0.3 is 5.97 Å². The lowest BCUT2D eigenvalue weighted by molar-refractivity contribution is -0.147. The third-order valence-corrected chi connectivity index (χ3v) is 1.85. The van der Waals surface area contributed by atoms with E-state index in [1.807, 2.05) is 13.8 Å². The van der Waals surface area contributed by atoms with Crippen molar-refractivity contribution < 1.29 is 14.3 Å². The van der Waals surface area contributed by atoms with Crippen LogP contribution in [0.15, 0.2) is 0 Å². The first-order valence-electron chi connectivity index (χ1n) is 4.32. The molecule has 1 aliphatic rings. The van der Waals surface area contributed by atoms with Gasteiger partial charge in [-0.3, -0.25) is 9.59 Å². The van der Waals surface area contributed by atoms with E-state index in [1.165, 1.54) is 0 Å². The summed E-state index contributed by atoms with van der Waals surface area (Å²) in [7, 11) is 0. The summed E-state index contributed by atoms with van der Waals surface area (Å²) in [6.07, 6.45) is 1.04. The summed E-state index contributed by atoms with van der Waals surface area (Å²) in [6, 6.07) is 0. The lowest BCUT2D eigenvalue weighted by atomic mass is 10.0. The molecular formula is C9H14O3. The number of esters is 1. The van der Waals surface area contributed by atoms with Crippen molar-refractivity contribution in [2.24, 2.45) is 5.92 Å². The Morgan fingerprint density at radius 2 is 2.33 bits per heavy atom. The van der Waals surface area contributed by atoms with E-state index in [9.17, 15) is 9.59 Å². The summed E-state index contributed by atoms with van der Waals surface area (Å²) in [5.41, 5.74) is 0. The number of carbonyl (C=O) groups is 2. The molecular weight excluding hydrogens is 156 g/mol. The highest BCUT2D eigenvalue weighted by Crippen LogP contribution is 2.17. The van der Waals surface area contributed by atoms with Crippen molar-refractivity contribution in [3.8, 4) is 0 Å². The molecule has 1 saturated heterocycles. The molecule has 3 heteroatoms. The fourth-order valence-electron chi connectivity index (χ4n) is 1.29. The number of Topliss-reactive ketones (excluding diaryl/α,β-unsaturated/α-hetero) is 1.